The molecular formula is C15H23ClN4O. The molecule has 0 saturated carbocycles. The summed E-state index contributed by atoms with van der Waals surface area (Å²) in [5, 5.41) is 20.0. The molecule has 0 radical (unpaired) electrons. The standard InChI is InChI=1S/C15H23ClN4O/c1-6-20-11(7-10(4)17-20)8-12(21)13-14(9(2)3)18-19(5)15(13)16/h7,9,12,21H,6,8H2,1-5H3. The predicted octanol–water partition coefficient (Wildman–Crippen LogP) is 3.00. The second-order valence-electron chi connectivity index (χ2n) is 5.68. The van der Waals surface area contributed by atoms with Gasteiger partial charge >= 0.3 is 0 Å². The van der Waals surface area contributed by atoms with Gasteiger partial charge in [-0.05, 0) is 25.8 Å². The minimum absolute atomic E-state index is 0.214. The third-order valence-corrected chi connectivity index (χ3v) is 4.06. The molecule has 21 heavy (non-hydrogen) atoms. The molecule has 0 aliphatic rings. The Morgan fingerprint density at radius 3 is 2.57 bits per heavy atom. The molecule has 0 amide bonds. The maximum absolute atomic E-state index is 10.6. The average Bonchev–Trinajstić information content (AvgIpc) is 2.90. The van der Waals surface area contributed by atoms with Crippen LogP contribution >= 0.6 is 11.6 Å². The van der Waals surface area contributed by atoms with Gasteiger partial charge in [-0.3, -0.25) is 9.36 Å². The lowest BCUT2D eigenvalue weighted by Gasteiger charge is -2.14. The van der Waals surface area contributed by atoms with Crippen LogP contribution in [0.25, 0.3) is 0 Å². The number of halogens is 1. The molecule has 0 saturated heterocycles. The third-order valence-electron chi connectivity index (χ3n) is 3.61. The highest BCUT2D eigenvalue weighted by Gasteiger charge is 2.24. The molecule has 1 unspecified atom stereocenters. The monoisotopic (exact) mass is 310 g/mol. The smallest absolute Gasteiger partial charge is 0.132 e. The molecule has 0 bridgehead atoms. The second-order valence-corrected chi connectivity index (χ2v) is 6.04. The molecule has 5 nitrogen and oxygen atoms in total. The number of aromatic nitrogens is 4. The van der Waals surface area contributed by atoms with Crippen LogP contribution in [0.3, 0.4) is 0 Å². The van der Waals surface area contributed by atoms with Crippen LogP contribution in [0.2, 0.25) is 5.15 Å². The first-order valence-electron chi connectivity index (χ1n) is 7.28. The average molecular weight is 311 g/mol. The van der Waals surface area contributed by atoms with Gasteiger partial charge < -0.3 is 5.11 Å². The van der Waals surface area contributed by atoms with E-state index in [0.717, 1.165) is 29.2 Å². The van der Waals surface area contributed by atoms with Crippen LogP contribution < -0.4 is 0 Å². The van der Waals surface area contributed by atoms with Gasteiger partial charge in [0.2, 0.25) is 0 Å². The van der Waals surface area contributed by atoms with E-state index in [0.29, 0.717) is 11.6 Å². The van der Waals surface area contributed by atoms with Gasteiger partial charge in [0.25, 0.3) is 0 Å². The first-order chi connectivity index (χ1) is 9.85. The van der Waals surface area contributed by atoms with Gasteiger partial charge in [-0.25, -0.2) is 0 Å². The fourth-order valence-corrected chi connectivity index (χ4v) is 2.87. The van der Waals surface area contributed by atoms with Gasteiger partial charge in [-0.1, -0.05) is 25.4 Å². The Kier molecular flexibility index (Phi) is 4.74. The first-order valence-corrected chi connectivity index (χ1v) is 7.66. The van der Waals surface area contributed by atoms with Gasteiger partial charge in [0.15, 0.2) is 0 Å². The van der Waals surface area contributed by atoms with Crippen molar-refractivity contribution in [2.45, 2.75) is 52.7 Å². The summed E-state index contributed by atoms with van der Waals surface area (Å²) in [4.78, 5) is 0. The van der Waals surface area contributed by atoms with E-state index in [2.05, 4.69) is 24.0 Å². The van der Waals surface area contributed by atoms with Crippen molar-refractivity contribution in [3.05, 3.63) is 33.9 Å². The van der Waals surface area contributed by atoms with E-state index in [-0.39, 0.29) is 5.92 Å². The van der Waals surface area contributed by atoms with Crippen LogP contribution in [0.5, 0.6) is 0 Å². The zero-order chi connectivity index (χ0) is 15.7. The Balaban J connectivity index is 2.34. The van der Waals surface area contributed by atoms with Gasteiger partial charge in [0.05, 0.1) is 17.5 Å². The second kappa shape index (κ2) is 6.20. The fraction of sp³-hybridized carbons (Fsp3) is 0.600. The molecule has 2 rings (SSSR count). The molecule has 2 heterocycles. The molecule has 2 aromatic heterocycles. The molecule has 1 atom stereocenters. The van der Waals surface area contributed by atoms with Crippen LogP contribution in [0.1, 0.15) is 55.4 Å². The van der Waals surface area contributed by atoms with E-state index < -0.39 is 6.10 Å². The molecule has 6 heteroatoms. The van der Waals surface area contributed by atoms with Crippen molar-refractivity contribution >= 4 is 11.6 Å². The van der Waals surface area contributed by atoms with E-state index >= 15 is 0 Å². The van der Waals surface area contributed by atoms with Crippen LogP contribution in [0.4, 0.5) is 0 Å². The van der Waals surface area contributed by atoms with E-state index in [1.54, 1.807) is 11.7 Å². The Morgan fingerprint density at radius 1 is 1.33 bits per heavy atom. The Bertz CT molecular complexity index is 630. The molecule has 2 aromatic rings. The van der Waals surface area contributed by atoms with E-state index in [1.165, 1.54) is 0 Å². The fourth-order valence-electron chi connectivity index (χ4n) is 2.61. The maximum Gasteiger partial charge on any atom is 0.132 e. The van der Waals surface area contributed by atoms with Crippen LogP contribution in [-0.2, 0) is 20.0 Å². The Hall–Kier alpha value is -1.33. The summed E-state index contributed by atoms with van der Waals surface area (Å²) in [6.45, 7) is 8.88. The molecule has 0 aliphatic carbocycles. The summed E-state index contributed by atoms with van der Waals surface area (Å²) in [7, 11) is 1.80. The SMILES string of the molecule is CCn1nc(C)cc1CC(O)c1c(C(C)C)nn(C)c1Cl. The van der Waals surface area contributed by atoms with Gasteiger partial charge in [0.1, 0.15) is 5.15 Å². The number of rotatable bonds is 5. The highest BCUT2D eigenvalue weighted by atomic mass is 35.5. The highest BCUT2D eigenvalue weighted by Crippen LogP contribution is 2.32. The van der Waals surface area contributed by atoms with Crippen molar-refractivity contribution < 1.29 is 5.11 Å². The summed E-state index contributed by atoms with van der Waals surface area (Å²) in [6, 6.07) is 2.01. The zero-order valence-corrected chi connectivity index (χ0v) is 14.0. The van der Waals surface area contributed by atoms with Crippen molar-refractivity contribution in [3.63, 3.8) is 0 Å². The van der Waals surface area contributed by atoms with E-state index in [4.69, 9.17) is 11.6 Å². The summed E-state index contributed by atoms with van der Waals surface area (Å²) in [5.41, 5.74) is 3.56. The number of aryl methyl sites for hydroxylation is 3. The van der Waals surface area contributed by atoms with Gasteiger partial charge in [0, 0.05) is 31.3 Å². The normalized spacial score (nSPS) is 13.1. The molecule has 0 fully saturated rings. The quantitative estimate of drug-likeness (QED) is 0.923. The van der Waals surface area contributed by atoms with Crippen LogP contribution in [0, 0.1) is 6.92 Å². The van der Waals surface area contributed by atoms with Crippen LogP contribution in [0.15, 0.2) is 6.07 Å². The van der Waals surface area contributed by atoms with Crippen molar-refractivity contribution in [3.8, 4) is 0 Å². The number of aliphatic hydroxyl groups excluding tert-OH is 1. The Labute approximate surface area is 130 Å². The number of nitrogens with zero attached hydrogens (tertiary/aromatic N) is 4. The van der Waals surface area contributed by atoms with Crippen molar-refractivity contribution in [1.29, 1.82) is 0 Å². The Morgan fingerprint density at radius 2 is 2.00 bits per heavy atom. The maximum atomic E-state index is 10.6. The lowest BCUT2D eigenvalue weighted by atomic mass is 9.99. The molecule has 0 spiro atoms. The van der Waals surface area contributed by atoms with Crippen molar-refractivity contribution in [2.75, 3.05) is 0 Å². The highest BCUT2D eigenvalue weighted by molar-refractivity contribution is 6.30. The minimum atomic E-state index is -0.676. The third kappa shape index (κ3) is 3.14. The number of hydrogen-bond donors (Lipinski definition) is 1. The van der Waals surface area contributed by atoms with E-state index in [1.807, 2.05) is 24.6 Å². The first kappa shape index (κ1) is 16.0. The molecule has 1 N–H and O–H groups in total. The number of aliphatic hydroxyl groups is 1. The lowest BCUT2D eigenvalue weighted by molar-refractivity contribution is 0.174. The summed E-state index contributed by atoms with van der Waals surface area (Å²) >= 11 is 6.32. The molecule has 0 aliphatic heterocycles. The van der Waals surface area contributed by atoms with Crippen molar-refractivity contribution in [1.82, 2.24) is 19.6 Å². The topological polar surface area (TPSA) is 55.9 Å². The molecule has 0 aromatic carbocycles. The largest absolute Gasteiger partial charge is 0.388 e. The molecule has 116 valence electrons. The van der Waals surface area contributed by atoms with Gasteiger partial charge in [-0.15, -0.1) is 0 Å². The summed E-state index contributed by atoms with van der Waals surface area (Å²) in [6.07, 6.45) is -0.190. The number of hydrogen-bond acceptors (Lipinski definition) is 3. The molecular weight excluding hydrogens is 288 g/mol. The van der Waals surface area contributed by atoms with Crippen molar-refractivity contribution in [2.24, 2.45) is 7.05 Å². The van der Waals surface area contributed by atoms with Gasteiger partial charge in [-0.2, -0.15) is 10.2 Å². The predicted molar refractivity (Wildman–Crippen MR) is 83.6 cm³/mol. The summed E-state index contributed by atoms with van der Waals surface area (Å²) in [5.74, 6) is 0.214. The minimum Gasteiger partial charge on any atom is -0.388 e. The van der Waals surface area contributed by atoms with E-state index in [9.17, 15) is 5.11 Å². The van der Waals surface area contributed by atoms with Crippen LogP contribution in [-0.4, -0.2) is 24.7 Å². The summed E-state index contributed by atoms with van der Waals surface area (Å²) < 4.78 is 3.54. The zero-order valence-electron chi connectivity index (χ0n) is 13.3. The lowest BCUT2D eigenvalue weighted by Crippen LogP contribution is -2.10.